The average Bonchev–Trinajstić information content (AvgIpc) is 2.90. The highest BCUT2D eigenvalue weighted by Gasteiger charge is 2.43. The molecule has 2 aliphatic heterocycles. The van der Waals surface area contributed by atoms with Crippen molar-refractivity contribution < 1.29 is 14.2 Å². The van der Waals surface area contributed by atoms with Crippen LogP contribution in [0.3, 0.4) is 0 Å². The number of benzene rings is 1. The number of hydrogen-bond acceptors (Lipinski definition) is 6. The normalized spacial score (nSPS) is 23.7. The molecule has 1 saturated heterocycles. The van der Waals surface area contributed by atoms with Gasteiger partial charge in [0.25, 0.3) is 0 Å². The van der Waals surface area contributed by atoms with E-state index in [0.29, 0.717) is 13.2 Å². The molecule has 6 heteroatoms. The number of likely N-dealkylation sites (tertiary alicyclic amines) is 1. The van der Waals surface area contributed by atoms with E-state index in [1.165, 1.54) is 30.5 Å². The lowest BCUT2D eigenvalue weighted by molar-refractivity contribution is 0.135. The monoisotopic (exact) mass is 395 g/mol. The molecule has 1 spiro atoms. The molecule has 1 unspecified atom stereocenters. The maximum atomic E-state index is 5.91. The molecule has 6 nitrogen and oxygen atoms in total. The van der Waals surface area contributed by atoms with Crippen molar-refractivity contribution in [1.82, 2.24) is 14.9 Å². The first-order valence-electron chi connectivity index (χ1n) is 10.7. The van der Waals surface area contributed by atoms with Gasteiger partial charge in [-0.3, -0.25) is 4.90 Å². The number of nitrogens with zero attached hydrogens (tertiary/aromatic N) is 3. The zero-order chi connectivity index (χ0) is 19.8. The van der Waals surface area contributed by atoms with Crippen molar-refractivity contribution in [2.24, 2.45) is 0 Å². The third-order valence-electron chi connectivity index (χ3n) is 6.56. The molecule has 1 aliphatic carbocycles. The molecular weight excluding hydrogens is 366 g/mol. The quantitative estimate of drug-likeness (QED) is 0.794. The van der Waals surface area contributed by atoms with E-state index in [2.05, 4.69) is 16.0 Å². The molecule has 0 saturated carbocycles. The molecule has 5 rings (SSSR count). The van der Waals surface area contributed by atoms with Crippen LogP contribution in [0.25, 0.3) is 0 Å². The molecule has 3 aliphatic rings. The molecule has 3 heterocycles. The zero-order valence-electron chi connectivity index (χ0n) is 17.4. The zero-order valence-corrected chi connectivity index (χ0v) is 17.4. The Morgan fingerprint density at radius 3 is 2.79 bits per heavy atom. The largest absolute Gasteiger partial charge is 0.496 e. The smallest absolute Gasteiger partial charge is 0.164 e. The van der Waals surface area contributed by atoms with Gasteiger partial charge in [-0.15, -0.1) is 0 Å². The Bertz CT molecular complexity index is 912. The van der Waals surface area contributed by atoms with Crippen molar-refractivity contribution in [2.45, 2.75) is 51.0 Å². The van der Waals surface area contributed by atoms with Crippen molar-refractivity contribution in [1.29, 1.82) is 0 Å². The molecule has 29 heavy (non-hydrogen) atoms. The fraction of sp³-hybridized carbons (Fsp3) is 0.565. The summed E-state index contributed by atoms with van der Waals surface area (Å²) in [5.41, 5.74) is 3.96. The van der Waals surface area contributed by atoms with Gasteiger partial charge in [0.05, 0.1) is 26.0 Å². The van der Waals surface area contributed by atoms with E-state index >= 15 is 0 Å². The minimum Gasteiger partial charge on any atom is -0.496 e. The molecule has 0 N–H and O–H groups in total. The molecule has 0 radical (unpaired) electrons. The van der Waals surface area contributed by atoms with Crippen molar-refractivity contribution in [3.8, 4) is 17.2 Å². The Balaban J connectivity index is 1.41. The highest BCUT2D eigenvalue weighted by molar-refractivity contribution is 5.51. The molecule has 0 amide bonds. The van der Waals surface area contributed by atoms with Crippen molar-refractivity contribution in [3.05, 3.63) is 41.0 Å². The van der Waals surface area contributed by atoms with E-state index < -0.39 is 0 Å². The number of hydrogen-bond donors (Lipinski definition) is 0. The molecule has 0 bridgehead atoms. The topological polar surface area (TPSA) is 56.7 Å². The second-order valence-corrected chi connectivity index (χ2v) is 8.55. The summed E-state index contributed by atoms with van der Waals surface area (Å²) in [6.45, 7) is 6.36. The molecular formula is C23H29N3O3. The molecule has 1 atom stereocenters. The van der Waals surface area contributed by atoms with Crippen LogP contribution < -0.4 is 14.2 Å². The minimum atomic E-state index is 0.166. The van der Waals surface area contributed by atoms with Gasteiger partial charge in [0.15, 0.2) is 11.5 Å². The van der Waals surface area contributed by atoms with Gasteiger partial charge in [-0.2, -0.15) is 0 Å². The summed E-state index contributed by atoms with van der Waals surface area (Å²) >= 11 is 0. The van der Waals surface area contributed by atoms with Gasteiger partial charge in [0.2, 0.25) is 0 Å². The lowest BCUT2D eigenvalue weighted by Gasteiger charge is -2.40. The van der Waals surface area contributed by atoms with Crippen LogP contribution in [-0.2, 0) is 18.4 Å². The van der Waals surface area contributed by atoms with E-state index in [9.17, 15) is 0 Å². The number of ether oxygens (including phenoxy) is 3. The second-order valence-electron chi connectivity index (χ2n) is 8.55. The van der Waals surface area contributed by atoms with Crippen LogP contribution in [0.2, 0.25) is 0 Å². The Kier molecular flexibility index (Phi) is 4.82. The lowest BCUT2D eigenvalue weighted by atomic mass is 9.77. The number of piperidine rings is 1. The number of aryl methyl sites for hydroxylation is 2. The number of fused-ring (bicyclic) bond motifs is 3. The van der Waals surface area contributed by atoms with Gasteiger partial charge in [-0.25, -0.2) is 9.97 Å². The Morgan fingerprint density at radius 1 is 1.14 bits per heavy atom. The van der Waals surface area contributed by atoms with Crippen molar-refractivity contribution in [2.75, 3.05) is 33.4 Å². The van der Waals surface area contributed by atoms with Crippen LogP contribution in [0, 0.1) is 6.92 Å². The molecule has 1 fully saturated rings. The van der Waals surface area contributed by atoms with E-state index in [0.717, 1.165) is 61.1 Å². The van der Waals surface area contributed by atoms with Crippen molar-refractivity contribution >= 4 is 0 Å². The summed E-state index contributed by atoms with van der Waals surface area (Å²) in [5, 5.41) is 0. The molecule has 154 valence electrons. The SMILES string of the molecule is COc1cc2c(cc1CN1CCCC3(CCc4cnc(C)nc43)C1)OCCCO2. The van der Waals surface area contributed by atoms with E-state index in [-0.39, 0.29) is 5.41 Å². The number of aromatic nitrogens is 2. The van der Waals surface area contributed by atoms with Crippen LogP contribution in [0.4, 0.5) is 0 Å². The summed E-state index contributed by atoms with van der Waals surface area (Å²) < 4.78 is 17.4. The first-order valence-corrected chi connectivity index (χ1v) is 10.7. The minimum absolute atomic E-state index is 0.166. The maximum absolute atomic E-state index is 5.91. The van der Waals surface area contributed by atoms with Gasteiger partial charge in [0.1, 0.15) is 11.6 Å². The van der Waals surface area contributed by atoms with Crippen LogP contribution in [-0.4, -0.2) is 48.3 Å². The predicted octanol–water partition coefficient (Wildman–Crippen LogP) is 3.43. The third kappa shape index (κ3) is 3.44. The first kappa shape index (κ1) is 18.7. The highest BCUT2D eigenvalue weighted by atomic mass is 16.5. The standard InChI is InChI=1S/C23H29N3O3/c1-16-24-13-17-5-7-23(22(17)25-16)6-3-8-26(15-23)14-18-11-20-21(12-19(18)27-2)29-10-4-9-28-20/h11-13H,3-10,14-15H2,1-2H3. The second kappa shape index (κ2) is 7.48. The van der Waals surface area contributed by atoms with E-state index in [1.807, 2.05) is 19.2 Å². The van der Waals surface area contributed by atoms with Gasteiger partial charge >= 0.3 is 0 Å². The Hall–Kier alpha value is -2.34. The maximum Gasteiger partial charge on any atom is 0.164 e. The third-order valence-corrected chi connectivity index (χ3v) is 6.56. The van der Waals surface area contributed by atoms with Gasteiger partial charge < -0.3 is 14.2 Å². The van der Waals surface area contributed by atoms with Crippen LogP contribution in [0.5, 0.6) is 17.2 Å². The number of rotatable bonds is 3. The molecule has 1 aromatic carbocycles. The molecule has 1 aromatic heterocycles. The predicted molar refractivity (Wildman–Crippen MR) is 110 cm³/mol. The van der Waals surface area contributed by atoms with E-state index in [1.54, 1.807) is 7.11 Å². The van der Waals surface area contributed by atoms with Crippen LogP contribution >= 0.6 is 0 Å². The van der Waals surface area contributed by atoms with E-state index in [4.69, 9.17) is 19.2 Å². The summed E-state index contributed by atoms with van der Waals surface area (Å²) in [6, 6.07) is 4.09. The first-order chi connectivity index (χ1) is 14.2. The van der Waals surface area contributed by atoms with Crippen LogP contribution in [0.15, 0.2) is 18.3 Å². The lowest BCUT2D eigenvalue weighted by Crippen LogP contribution is -2.45. The fourth-order valence-electron chi connectivity index (χ4n) is 5.18. The van der Waals surface area contributed by atoms with Gasteiger partial charge in [-0.1, -0.05) is 0 Å². The molecule has 2 aromatic rings. The van der Waals surface area contributed by atoms with Gasteiger partial charge in [-0.05, 0) is 50.8 Å². The Labute approximate surface area is 172 Å². The summed E-state index contributed by atoms with van der Waals surface area (Å²) in [5.74, 6) is 3.38. The average molecular weight is 396 g/mol. The van der Waals surface area contributed by atoms with Crippen LogP contribution in [0.1, 0.15) is 48.3 Å². The summed E-state index contributed by atoms with van der Waals surface area (Å²) in [6.07, 6.45) is 7.62. The summed E-state index contributed by atoms with van der Waals surface area (Å²) in [4.78, 5) is 11.8. The Morgan fingerprint density at radius 2 is 1.97 bits per heavy atom. The van der Waals surface area contributed by atoms with Crippen molar-refractivity contribution in [3.63, 3.8) is 0 Å². The number of methoxy groups -OCH3 is 1. The highest BCUT2D eigenvalue weighted by Crippen LogP contribution is 2.45. The summed E-state index contributed by atoms with van der Waals surface area (Å²) in [7, 11) is 1.73. The fourth-order valence-corrected chi connectivity index (χ4v) is 5.18. The van der Waals surface area contributed by atoms with Gasteiger partial charge in [0, 0.05) is 42.8 Å².